The van der Waals surface area contributed by atoms with E-state index in [2.05, 4.69) is 39.4 Å². The maximum atomic E-state index is 12.7. The molecule has 30 heavy (non-hydrogen) atoms. The molecule has 7 nitrogen and oxygen atoms in total. The zero-order chi connectivity index (χ0) is 20.9. The van der Waals surface area contributed by atoms with E-state index in [0.717, 1.165) is 38.3 Å². The van der Waals surface area contributed by atoms with Gasteiger partial charge in [0.2, 0.25) is 5.91 Å². The number of thioether (sulfide) groups is 1. The van der Waals surface area contributed by atoms with Crippen molar-refractivity contribution in [2.45, 2.75) is 11.7 Å². The third-order valence-corrected chi connectivity index (χ3v) is 6.26. The Morgan fingerprint density at radius 1 is 1.00 bits per heavy atom. The van der Waals surface area contributed by atoms with Crippen LogP contribution < -0.4 is 0 Å². The molecular weight excluding hydrogens is 398 g/mol. The molecule has 0 spiro atoms. The molecule has 1 aliphatic rings. The van der Waals surface area contributed by atoms with Gasteiger partial charge in [-0.1, -0.05) is 42.1 Å². The molecule has 0 radical (unpaired) electrons. The minimum Gasteiger partial charge on any atom is -0.508 e. The van der Waals surface area contributed by atoms with Crippen molar-refractivity contribution in [2.24, 2.45) is 7.05 Å². The van der Waals surface area contributed by atoms with Crippen LogP contribution in [0.15, 0.2) is 59.8 Å². The summed E-state index contributed by atoms with van der Waals surface area (Å²) in [5, 5.41) is 18.6. The van der Waals surface area contributed by atoms with Gasteiger partial charge in [0.05, 0.1) is 5.75 Å². The van der Waals surface area contributed by atoms with Gasteiger partial charge in [-0.3, -0.25) is 9.69 Å². The van der Waals surface area contributed by atoms with Gasteiger partial charge in [0, 0.05) is 45.3 Å². The summed E-state index contributed by atoms with van der Waals surface area (Å²) in [6.07, 6.45) is 0. The van der Waals surface area contributed by atoms with Gasteiger partial charge in [-0.15, -0.1) is 10.2 Å². The molecule has 1 saturated heterocycles. The van der Waals surface area contributed by atoms with E-state index in [1.54, 1.807) is 24.3 Å². The third kappa shape index (κ3) is 4.83. The van der Waals surface area contributed by atoms with Crippen LogP contribution in [-0.4, -0.2) is 67.5 Å². The molecule has 1 fully saturated rings. The fourth-order valence-electron chi connectivity index (χ4n) is 3.52. The lowest BCUT2D eigenvalue weighted by Gasteiger charge is -2.34. The zero-order valence-corrected chi connectivity index (χ0v) is 17.8. The molecular formula is C22H25N5O2S. The Kier molecular flexibility index (Phi) is 6.35. The highest BCUT2D eigenvalue weighted by Gasteiger charge is 2.22. The number of phenols is 1. The molecule has 2 aromatic carbocycles. The highest BCUT2D eigenvalue weighted by Crippen LogP contribution is 2.24. The van der Waals surface area contributed by atoms with E-state index in [4.69, 9.17) is 0 Å². The summed E-state index contributed by atoms with van der Waals surface area (Å²) in [4.78, 5) is 17.0. The van der Waals surface area contributed by atoms with Crippen LogP contribution in [0.5, 0.6) is 5.75 Å². The molecule has 0 saturated carbocycles. The van der Waals surface area contributed by atoms with Crippen LogP contribution in [-0.2, 0) is 18.4 Å². The normalized spacial score (nSPS) is 14.8. The Labute approximate surface area is 180 Å². The second-order valence-corrected chi connectivity index (χ2v) is 8.29. The molecule has 0 aliphatic carbocycles. The number of hydrogen-bond acceptors (Lipinski definition) is 6. The van der Waals surface area contributed by atoms with Crippen molar-refractivity contribution in [1.29, 1.82) is 0 Å². The first-order valence-electron chi connectivity index (χ1n) is 9.96. The number of aromatic nitrogens is 3. The van der Waals surface area contributed by atoms with Crippen LogP contribution in [0.2, 0.25) is 0 Å². The van der Waals surface area contributed by atoms with Crippen LogP contribution in [0, 0.1) is 0 Å². The summed E-state index contributed by atoms with van der Waals surface area (Å²) in [5.41, 5.74) is 2.18. The zero-order valence-electron chi connectivity index (χ0n) is 16.9. The average molecular weight is 424 g/mol. The summed E-state index contributed by atoms with van der Waals surface area (Å²) in [5.74, 6) is 1.40. The second-order valence-electron chi connectivity index (χ2n) is 7.34. The first-order chi connectivity index (χ1) is 14.6. The fraction of sp³-hybridized carbons (Fsp3) is 0.318. The van der Waals surface area contributed by atoms with Gasteiger partial charge in [-0.05, 0) is 29.8 Å². The molecule has 3 aromatic rings. The molecule has 1 N–H and O–H groups in total. The van der Waals surface area contributed by atoms with E-state index >= 15 is 0 Å². The third-order valence-electron chi connectivity index (χ3n) is 5.26. The average Bonchev–Trinajstić information content (AvgIpc) is 3.14. The SMILES string of the molecule is Cn1c(SCC(=O)N2CCN(Cc3ccccc3)CC2)nnc1-c1ccc(O)cc1. The maximum Gasteiger partial charge on any atom is 0.233 e. The number of rotatable bonds is 6. The molecule has 4 rings (SSSR count). The summed E-state index contributed by atoms with van der Waals surface area (Å²) in [6.45, 7) is 4.21. The van der Waals surface area contributed by atoms with Crippen LogP contribution in [0.25, 0.3) is 11.4 Å². The molecule has 2 heterocycles. The Balaban J connectivity index is 1.28. The minimum absolute atomic E-state index is 0.133. The summed E-state index contributed by atoms with van der Waals surface area (Å²) < 4.78 is 1.88. The molecule has 1 amide bonds. The quantitative estimate of drug-likeness (QED) is 0.615. The number of amides is 1. The molecule has 0 unspecified atom stereocenters. The fourth-order valence-corrected chi connectivity index (χ4v) is 4.33. The predicted octanol–water partition coefficient (Wildman–Crippen LogP) is 2.62. The number of phenolic OH excluding ortho intramolecular Hbond substituents is 1. The number of aromatic hydroxyl groups is 1. The number of hydrogen-bond donors (Lipinski definition) is 1. The molecule has 0 bridgehead atoms. The van der Waals surface area contributed by atoms with Crippen molar-refractivity contribution in [1.82, 2.24) is 24.6 Å². The van der Waals surface area contributed by atoms with E-state index in [1.165, 1.54) is 17.3 Å². The number of carbonyl (C=O) groups excluding carboxylic acids is 1. The van der Waals surface area contributed by atoms with Crippen molar-refractivity contribution in [3.05, 3.63) is 60.2 Å². The Morgan fingerprint density at radius 2 is 1.70 bits per heavy atom. The first kappa shape index (κ1) is 20.4. The predicted molar refractivity (Wildman–Crippen MR) is 117 cm³/mol. The number of benzene rings is 2. The van der Waals surface area contributed by atoms with E-state index in [9.17, 15) is 9.90 Å². The topological polar surface area (TPSA) is 74.5 Å². The summed E-state index contributed by atoms with van der Waals surface area (Å²) >= 11 is 1.41. The van der Waals surface area contributed by atoms with Crippen molar-refractivity contribution in [2.75, 3.05) is 31.9 Å². The van der Waals surface area contributed by atoms with Gasteiger partial charge in [-0.2, -0.15) is 0 Å². The van der Waals surface area contributed by atoms with Crippen LogP contribution >= 0.6 is 11.8 Å². The van der Waals surface area contributed by atoms with Gasteiger partial charge in [-0.25, -0.2) is 0 Å². The van der Waals surface area contributed by atoms with Gasteiger partial charge in [0.25, 0.3) is 0 Å². The van der Waals surface area contributed by atoms with Gasteiger partial charge >= 0.3 is 0 Å². The number of piperazine rings is 1. The van der Waals surface area contributed by atoms with Crippen LogP contribution in [0.4, 0.5) is 0 Å². The Morgan fingerprint density at radius 3 is 2.40 bits per heavy atom. The van der Waals surface area contributed by atoms with E-state index < -0.39 is 0 Å². The minimum atomic E-state index is 0.133. The van der Waals surface area contributed by atoms with Crippen molar-refractivity contribution in [3.8, 4) is 17.1 Å². The maximum absolute atomic E-state index is 12.7. The smallest absolute Gasteiger partial charge is 0.233 e. The highest BCUT2D eigenvalue weighted by molar-refractivity contribution is 7.99. The Hall–Kier alpha value is -2.84. The molecule has 1 aromatic heterocycles. The van der Waals surface area contributed by atoms with Gasteiger partial charge < -0.3 is 14.6 Å². The Bertz CT molecular complexity index is 983. The monoisotopic (exact) mass is 423 g/mol. The molecule has 1 aliphatic heterocycles. The summed E-state index contributed by atoms with van der Waals surface area (Å²) in [6, 6.07) is 17.3. The summed E-state index contributed by atoms with van der Waals surface area (Å²) in [7, 11) is 1.89. The lowest BCUT2D eigenvalue weighted by Crippen LogP contribution is -2.48. The molecule has 0 atom stereocenters. The van der Waals surface area contributed by atoms with Crippen LogP contribution in [0.3, 0.4) is 0 Å². The largest absolute Gasteiger partial charge is 0.508 e. The van der Waals surface area contributed by atoms with Crippen molar-refractivity contribution < 1.29 is 9.90 Å². The lowest BCUT2D eigenvalue weighted by atomic mass is 10.2. The number of carbonyl (C=O) groups is 1. The number of nitrogens with zero attached hydrogens (tertiary/aromatic N) is 5. The van der Waals surface area contributed by atoms with Gasteiger partial charge in [0.15, 0.2) is 11.0 Å². The lowest BCUT2D eigenvalue weighted by molar-refractivity contribution is -0.130. The van der Waals surface area contributed by atoms with E-state index in [0.29, 0.717) is 16.7 Å². The van der Waals surface area contributed by atoms with Crippen LogP contribution in [0.1, 0.15) is 5.56 Å². The van der Waals surface area contributed by atoms with E-state index in [-0.39, 0.29) is 11.7 Å². The molecule has 8 heteroatoms. The highest BCUT2D eigenvalue weighted by atomic mass is 32.2. The first-order valence-corrected chi connectivity index (χ1v) is 10.9. The van der Waals surface area contributed by atoms with Crippen molar-refractivity contribution >= 4 is 17.7 Å². The van der Waals surface area contributed by atoms with Crippen molar-refractivity contribution in [3.63, 3.8) is 0 Å². The standard InChI is InChI=1S/C22H25N5O2S/c1-25-21(18-7-9-19(28)10-8-18)23-24-22(25)30-16-20(29)27-13-11-26(12-14-27)15-17-5-3-2-4-6-17/h2-10,28H,11-16H2,1H3. The van der Waals surface area contributed by atoms with E-state index in [1.807, 2.05) is 22.6 Å². The molecule has 156 valence electrons. The van der Waals surface area contributed by atoms with Gasteiger partial charge in [0.1, 0.15) is 5.75 Å². The second kappa shape index (κ2) is 9.32.